The smallest absolute Gasteiger partial charge is 0.414 e. The zero-order valence-corrected chi connectivity index (χ0v) is 11.2. The van der Waals surface area contributed by atoms with Gasteiger partial charge in [-0.05, 0) is 12.1 Å². The second-order valence-electron chi connectivity index (χ2n) is 4.23. The lowest BCUT2D eigenvalue weighted by molar-refractivity contribution is 0.107. The van der Waals surface area contributed by atoms with Gasteiger partial charge in [0.2, 0.25) is 0 Å². The van der Waals surface area contributed by atoms with E-state index >= 15 is 0 Å². The van der Waals surface area contributed by atoms with E-state index in [1.54, 1.807) is 0 Å². The van der Waals surface area contributed by atoms with Crippen molar-refractivity contribution in [3.63, 3.8) is 0 Å². The molecule has 0 aromatic heterocycles. The normalized spacial score (nSPS) is 19.2. The number of anilines is 1. The minimum Gasteiger partial charge on any atom is -0.441 e. The van der Waals surface area contributed by atoms with Crippen LogP contribution in [0.25, 0.3) is 0 Å². The second-order valence-corrected chi connectivity index (χ2v) is 5.88. The molecule has 1 fully saturated rings. The molecule has 110 valence electrons. The number of benzene rings is 1. The molecule has 1 unspecified atom stereocenters. The van der Waals surface area contributed by atoms with Crippen LogP contribution in [0.5, 0.6) is 0 Å². The summed E-state index contributed by atoms with van der Waals surface area (Å²) in [5.41, 5.74) is -0.00523. The fraction of sp³-hybridized carbons (Fsp3) is 0.364. The van der Waals surface area contributed by atoms with Crippen LogP contribution >= 0.6 is 0 Å². The maximum atomic E-state index is 13.1. The summed E-state index contributed by atoms with van der Waals surface area (Å²) in [5.74, 6) is -1.66. The molecular formula is C11H11F2NO5S. The maximum Gasteiger partial charge on any atom is 0.414 e. The van der Waals surface area contributed by atoms with Gasteiger partial charge in [0.25, 0.3) is 10.1 Å². The fourth-order valence-corrected chi connectivity index (χ4v) is 2.11. The van der Waals surface area contributed by atoms with Crippen LogP contribution in [-0.4, -0.2) is 40.0 Å². The third kappa shape index (κ3) is 3.64. The van der Waals surface area contributed by atoms with Crippen molar-refractivity contribution in [2.75, 3.05) is 24.3 Å². The highest BCUT2D eigenvalue weighted by Crippen LogP contribution is 2.23. The number of halogens is 2. The molecule has 1 heterocycles. The Morgan fingerprint density at radius 1 is 1.35 bits per heavy atom. The fourth-order valence-electron chi connectivity index (χ4n) is 1.71. The molecule has 0 spiro atoms. The van der Waals surface area contributed by atoms with Gasteiger partial charge in [0.1, 0.15) is 24.3 Å². The summed E-state index contributed by atoms with van der Waals surface area (Å²) in [6.45, 7) is -0.407. The summed E-state index contributed by atoms with van der Waals surface area (Å²) in [5, 5.41) is 0. The number of carbonyl (C=O) groups excluding carboxylic acids is 1. The van der Waals surface area contributed by atoms with E-state index in [4.69, 9.17) is 4.74 Å². The highest BCUT2D eigenvalue weighted by Gasteiger charge is 2.33. The van der Waals surface area contributed by atoms with Crippen molar-refractivity contribution in [1.82, 2.24) is 0 Å². The molecular weight excluding hydrogens is 296 g/mol. The number of nitrogens with zero attached hydrogens (tertiary/aromatic N) is 1. The van der Waals surface area contributed by atoms with Crippen LogP contribution in [0.4, 0.5) is 19.3 Å². The van der Waals surface area contributed by atoms with Crippen molar-refractivity contribution in [2.24, 2.45) is 0 Å². The standard InChI is InChI=1S/C11H11F2NO5S/c1-20(16,17)18-6-10-5-14(11(15)19-10)9-3-7(12)2-8(13)4-9/h2-4,10H,5-6H2,1H3. The number of carbonyl (C=O) groups is 1. The molecule has 1 aromatic rings. The number of ether oxygens (including phenoxy) is 1. The molecule has 1 aliphatic rings. The predicted molar refractivity (Wildman–Crippen MR) is 64.8 cm³/mol. The molecule has 1 atom stereocenters. The van der Waals surface area contributed by atoms with E-state index in [2.05, 4.69) is 4.18 Å². The van der Waals surface area contributed by atoms with Crippen LogP contribution in [0.2, 0.25) is 0 Å². The van der Waals surface area contributed by atoms with E-state index in [9.17, 15) is 22.0 Å². The molecule has 6 nitrogen and oxygen atoms in total. The summed E-state index contributed by atoms with van der Waals surface area (Å²) in [4.78, 5) is 12.6. The highest BCUT2D eigenvalue weighted by molar-refractivity contribution is 7.85. The summed E-state index contributed by atoms with van der Waals surface area (Å²) in [6, 6.07) is 2.63. The average molecular weight is 307 g/mol. The summed E-state index contributed by atoms with van der Waals surface area (Å²) in [7, 11) is -3.65. The monoisotopic (exact) mass is 307 g/mol. The quantitative estimate of drug-likeness (QED) is 0.783. The molecule has 1 saturated heterocycles. The Bertz CT molecular complexity index is 613. The van der Waals surface area contributed by atoms with Gasteiger partial charge >= 0.3 is 6.09 Å². The van der Waals surface area contributed by atoms with E-state index in [1.165, 1.54) is 0 Å². The van der Waals surface area contributed by atoms with Crippen LogP contribution in [0.3, 0.4) is 0 Å². The van der Waals surface area contributed by atoms with Crippen LogP contribution in [0, 0.1) is 11.6 Å². The summed E-state index contributed by atoms with van der Waals surface area (Å²) < 4.78 is 57.2. The third-order valence-electron chi connectivity index (χ3n) is 2.50. The van der Waals surface area contributed by atoms with Crippen LogP contribution in [0.15, 0.2) is 18.2 Å². The Morgan fingerprint density at radius 3 is 2.50 bits per heavy atom. The van der Waals surface area contributed by atoms with Crippen molar-refractivity contribution >= 4 is 21.9 Å². The van der Waals surface area contributed by atoms with Gasteiger partial charge in [0.05, 0.1) is 18.5 Å². The highest BCUT2D eigenvalue weighted by atomic mass is 32.2. The molecule has 1 amide bonds. The van der Waals surface area contributed by atoms with Crippen molar-refractivity contribution in [2.45, 2.75) is 6.10 Å². The molecule has 9 heteroatoms. The maximum absolute atomic E-state index is 13.1. The minimum atomic E-state index is -3.65. The van der Waals surface area contributed by atoms with Crippen LogP contribution in [-0.2, 0) is 19.0 Å². The third-order valence-corrected chi connectivity index (χ3v) is 3.07. The van der Waals surface area contributed by atoms with Gasteiger partial charge in [-0.3, -0.25) is 9.08 Å². The lowest BCUT2D eigenvalue weighted by Gasteiger charge is -2.13. The zero-order valence-electron chi connectivity index (χ0n) is 10.4. The van der Waals surface area contributed by atoms with Crippen LogP contribution in [0.1, 0.15) is 0 Å². The van der Waals surface area contributed by atoms with Gasteiger partial charge in [-0.15, -0.1) is 0 Å². The minimum absolute atomic E-state index is 0.00523. The number of hydrogen-bond acceptors (Lipinski definition) is 5. The van der Waals surface area contributed by atoms with E-state index in [0.29, 0.717) is 6.07 Å². The lowest BCUT2D eigenvalue weighted by Crippen LogP contribution is -2.26. The van der Waals surface area contributed by atoms with Crippen LogP contribution < -0.4 is 4.90 Å². The Kier molecular flexibility index (Phi) is 3.91. The number of hydrogen-bond donors (Lipinski definition) is 0. The molecule has 2 rings (SSSR count). The van der Waals surface area contributed by atoms with Crippen molar-refractivity contribution in [1.29, 1.82) is 0 Å². The van der Waals surface area contributed by atoms with Gasteiger partial charge in [-0.1, -0.05) is 0 Å². The zero-order chi connectivity index (χ0) is 14.9. The first kappa shape index (κ1) is 14.7. The van der Waals surface area contributed by atoms with Crippen molar-refractivity contribution in [3.05, 3.63) is 29.8 Å². The first-order valence-corrected chi connectivity index (χ1v) is 7.35. The molecule has 0 bridgehead atoms. The second kappa shape index (κ2) is 5.33. The largest absolute Gasteiger partial charge is 0.441 e. The molecule has 20 heavy (non-hydrogen) atoms. The lowest BCUT2D eigenvalue weighted by atomic mass is 10.2. The number of cyclic esters (lactones) is 1. The van der Waals surface area contributed by atoms with Gasteiger partial charge in [-0.25, -0.2) is 13.6 Å². The van der Waals surface area contributed by atoms with E-state index in [-0.39, 0.29) is 18.8 Å². The topological polar surface area (TPSA) is 72.9 Å². The van der Waals surface area contributed by atoms with Gasteiger partial charge in [-0.2, -0.15) is 8.42 Å². The van der Waals surface area contributed by atoms with Gasteiger partial charge in [0, 0.05) is 6.07 Å². The van der Waals surface area contributed by atoms with Crippen molar-refractivity contribution in [3.8, 4) is 0 Å². The molecule has 1 aliphatic heterocycles. The van der Waals surface area contributed by atoms with Gasteiger partial charge < -0.3 is 4.74 Å². The first-order chi connectivity index (χ1) is 9.24. The molecule has 0 saturated carbocycles. The molecule has 1 aromatic carbocycles. The molecule has 0 aliphatic carbocycles. The average Bonchev–Trinajstić information content (AvgIpc) is 2.66. The summed E-state index contributed by atoms with van der Waals surface area (Å²) in [6.07, 6.45) is -0.788. The number of rotatable bonds is 4. The van der Waals surface area contributed by atoms with Crippen molar-refractivity contribution < 1.29 is 30.9 Å². The molecule has 0 radical (unpaired) electrons. The van der Waals surface area contributed by atoms with E-state index < -0.39 is 33.9 Å². The molecule has 0 N–H and O–H groups in total. The van der Waals surface area contributed by atoms with E-state index in [1.807, 2.05) is 0 Å². The van der Waals surface area contributed by atoms with Gasteiger partial charge in [0.15, 0.2) is 0 Å². The SMILES string of the molecule is CS(=O)(=O)OCC1CN(c2cc(F)cc(F)c2)C(=O)O1. The Labute approximate surface area is 114 Å². The number of amides is 1. The Hall–Kier alpha value is -1.74. The summed E-state index contributed by atoms with van der Waals surface area (Å²) >= 11 is 0. The Morgan fingerprint density at radius 2 is 1.95 bits per heavy atom. The first-order valence-electron chi connectivity index (χ1n) is 5.53. The Balaban J connectivity index is 2.09. The van der Waals surface area contributed by atoms with E-state index in [0.717, 1.165) is 23.3 Å². The predicted octanol–water partition coefficient (Wildman–Crippen LogP) is 1.27.